The molecular formula is C39H26IrN4+. The quantitative estimate of drug-likeness (QED) is 0.132. The van der Waals surface area contributed by atoms with Crippen LogP contribution in [0.4, 0.5) is 0 Å². The van der Waals surface area contributed by atoms with E-state index >= 15 is 0 Å². The Morgan fingerprint density at radius 1 is 0.682 bits per heavy atom. The Balaban J connectivity index is 0.000000189. The van der Waals surface area contributed by atoms with Crippen LogP contribution in [0.25, 0.3) is 60.7 Å². The second-order valence-corrected chi connectivity index (χ2v) is 10.6. The fraction of sp³-hybridized carbons (Fsp3) is 0.0256. The van der Waals surface area contributed by atoms with Gasteiger partial charge in [-0.15, -0.1) is 42.0 Å². The van der Waals surface area contributed by atoms with Crippen LogP contribution in [0.15, 0.2) is 140 Å². The van der Waals surface area contributed by atoms with Crippen molar-refractivity contribution in [3.8, 4) is 22.6 Å². The standard InChI is InChI=1S/C27H16N3.C12H10N.Ir/c1-2-8-19(9-3-1)28-16-17-29(18-28)24-14-7-15-25-26(24)22-12-6-11-21-20-10-4-5-13-23(20)30(25)27(21)22;1-10-7-8-12(13-9-10)11-5-3-2-4-6-11;/h1-13,15-17H;2-5,7-9H,1H3;/q2*-1;+3. The molecule has 5 heteroatoms. The van der Waals surface area contributed by atoms with Crippen LogP contribution in [0.2, 0.25) is 0 Å². The number of benzene rings is 5. The molecule has 210 valence electrons. The maximum absolute atomic E-state index is 4.32. The molecule has 0 saturated heterocycles. The Morgan fingerprint density at radius 2 is 1.48 bits per heavy atom. The van der Waals surface area contributed by atoms with E-state index in [4.69, 9.17) is 0 Å². The molecule has 0 aliphatic heterocycles. The van der Waals surface area contributed by atoms with Gasteiger partial charge in [-0.1, -0.05) is 83.0 Å². The Kier molecular flexibility index (Phi) is 7.27. The van der Waals surface area contributed by atoms with Gasteiger partial charge in [0.1, 0.15) is 0 Å². The van der Waals surface area contributed by atoms with E-state index in [2.05, 4.69) is 94.6 Å². The SMILES string of the molecule is Cc1ccc(-c2[c-]cccc2)nc1.[Ir+3].[c-]1ccc2c(c1-n1[c-][n+](-c3ccccc3)cc1)c1cccc3c4ccccc4n2c31. The van der Waals surface area contributed by atoms with Crippen molar-refractivity contribution < 1.29 is 24.7 Å². The van der Waals surface area contributed by atoms with Crippen LogP contribution >= 0.6 is 0 Å². The summed E-state index contributed by atoms with van der Waals surface area (Å²) in [7, 11) is 0. The number of rotatable bonds is 3. The summed E-state index contributed by atoms with van der Waals surface area (Å²) in [6, 6.07) is 48.2. The van der Waals surface area contributed by atoms with Gasteiger partial charge < -0.3 is 14.0 Å². The molecule has 0 aliphatic carbocycles. The van der Waals surface area contributed by atoms with Gasteiger partial charge in [0.25, 0.3) is 6.33 Å². The summed E-state index contributed by atoms with van der Waals surface area (Å²) >= 11 is 0. The molecule has 9 rings (SSSR count). The third-order valence-electron chi connectivity index (χ3n) is 7.91. The topological polar surface area (TPSA) is 26.1 Å². The van der Waals surface area contributed by atoms with E-state index in [1.54, 1.807) is 0 Å². The number of aryl methyl sites for hydroxylation is 1. The third kappa shape index (κ3) is 4.67. The van der Waals surface area contributed by atoms with Crippen LogP contribution in [0.5, 0.6) is 0 Å². The summed E-state index contributed by atoms with van der Waals surface area (Å²) in [5.74, 6) is 0. The number of imidazole rings is 1. The van der Waals surface area contributed by atoms with E-state index < -0.39 is 0 Å². The van der Waals surface area contributed by atoms with Gasteiger partial charge in [0.2, 0.25) is 0 Å². The molecule has 0 atom stereocenters. The Morgan fingerprint density at radius 3 is 2.30 bits per heavy atom. The second kappa shape index (κ2) is 11.5. The molecule has 0 aliphatic rings. The van der Waals surface area contributed by atoms with Crippen LogP contribution in [0.3, 0.4) is 0 Å². The summed E-state index contributed by atoms with van der Waals surface area (Å²) in [6.45, 7) is 2.03. The predicted octanol–water partition coefficient (Wildman–Crippen LogP) is 8.36. The van der Waals surface area contributed by atoms with E-state index in [0.29, 0.717) is 0 Å². The van der Waals surface area contributed by atoms with Gasteiger partial charge >= 0.3 is 20.1 Å². The summed E-state index contributed by atoms with van der Waals surface area (Å²) in [5, 5.41) is 5.04. The molecule has 0 fully saturated rings. The minimum absolute atomic E-state index is 0. The minimum Gasteiger partial charge on any atom is -0.333 e. The minimum atomic E-state index is 0. The first-order valence-corrected chi connectivity index (χ1v) is 14.3. The van der Waals surface area contributed by atoms with Crippen molar-refractivity contribution in [2.24, 2.45) is 0 Å². The molecule has 4 heterocycles. The van der Waals surface area contributed by atoms with Gasteiger partial charge in [-0.25, -0.2) is 0 Å². The molecular weight excluding hydrogens is 717 g/mol. The van der Waals surface area contributed by atoms with E-state index in [9.17, 15) is 0 Å². The molecule has 9 aromatic rings. The molecule has 0 radical (unpaired) electrons. The predicted molar refractivity (Wildman–Crippen MR) is 173 cm³/mol. The number of hydrogen-bond acceptors (Lipinski definition) is 1. The van der Waals surface area contributed by atoms with Crippen molar-refractivity contribution in [2.45, 2.75) is 6.92 Å². The van der Waals surface area contributed by atoms with Crippen LogP contribution < -0.4 is 4.57 Å². The number of fused-ring (bicyclic) bond motifs is 6. The Labute approximate surface area is 269 Å². The maximum atomic E-state index is 4.32. The van der Waals surface area contributed by atoms with Crippen molar-refractivity contribution in [3.63, 3.8) is 0 Å². The number of para-hydroxylation sites is 3. The molecule has 5 aromatic carbocycles. The number of pyridine rings is 1. The zero-order valence-corrected chi connectivity index (χ0v) is 26.3. The largest absolute Gasteiger partial charge is 3.00 e. The first-order valence-electron chi connectivity index (χ1n) is 14.3. The van der Waals surface area contributed by atoms with E-state index in [1.165, 1.54) is 43.7 Å². The van der Waals surface area contributed by atoms with Crippen molar-refractivity contribution in [1.82, 2.24) is 14.0 Å². The average Bonchev–Trinajstić information content (AvgIpc) is 3.79. The third-order valence-corrected chi connectivity index (χ3v) is 7.91. The monoisotopic (exact) mass is 743 g/mol. The van der Waals surface area contributed by atoms with Gasteiger partial charge in [0.15, 0.2) is 0 Å². The van der Waals surface area contributed by atoms with E-state index in [0.717, 1.165) is 22.6 Å². The molecule has 4 aromatic heterocycles. The van der Waals surface area contributed by atoms with Crippen LogP contribution in [-0.4, -0.2) is 14.0 Å². The van der Waals surface area contributed by atoms with Gasteiger partial charge in [0.05, 0.1) is 11.2 Å². The molecule has 44 heavy (non-hydrogen) atoms. The van der Waals surface area contributed by atoms with Crippen molar-refractivity contribution in [3.05, 3.63) is 164 Å². The molecule has 0 saturated carbocycles. The van der Waals surface area contributed by atoms with Crippen molar-refractivity contribution >= 4 is 38.1 Å². The number of aromatic nitrogens is 4. The van der Waals surface area contributed by atoms with Crippen molar-refractivity contribution in [2.75, 3.05) is 0 Å². The summed E-state index contributed by atoms with van der Waals surface area (Å²) in [4.78, 5) is 4.32. The fourth-order valence-electron chi connectivity index (χ4n) is 5.94. The summed E-state index contributed by atoms with van der Waals surface area (Å²) < 4.78 is 6.44. The summed E-state index contributed by atoms with van der Waals surface area (Å²) in [6.07, 6.45) is 9.41. The van der Waals surface area contributed by atoms with Crippen LogP contribution in [-0.2, 0) is 20.1 Å². The number of hydrogen-bond donors (Lipinski definition) is 0. The summed E-state index contributed by atoms with van der Waals surface area (Å²) in [5.41, 5.74) is 9.02. The first-order chi connectivity index (χ1) is 21.3. The van der Waals surface area contributed by atoms with Crippen LogP contribution in [0.1, 0.15) is 5.56 Å². The smallest absolute Gasteiger partial charge is 0.333 e. The van der Waals surface area contributed by atoms with E-state index in [1.807, 2.05) is 89.2 Å². The average molecular weight is 743 g/mol. The zero-order chi connectivity index (χ0) is 28.8. The van der Waals surface area contributed by atoms with Crippen molar-refractivity contribution in [1.29, 1.82) is 0 Å². The first kappa shape index (κ1) is 27.7. The maximum Gasteiger partial charge on any atom is 3.00 e. The molecule has 0 unspecified atom stereocenters. The Bertz CT molecular complexity index is 2340. The van der Waals surface area contributed by atoms with Gasteiger partial charge in [-0.05, 0) is 42.1 Å². The normalized spacial score (nSPS) is 11.1. The molecule has 0 N–H and O–H groups in total. The van der Waals surface area contributed by atoms with Gasteiger partial charge in [-0.2, -0.15) is 12.1 Å². The van der Waals surface area contributed by atoms with Gasteiger partial charge in [-0.3, -0.25) is 4.57 Å². The van der Waals surface area contributed by atoms with Crippen LogP contribution in [0, 0.1) is 25.4 Å². The second-order valence-electron chi connectivity index (χ2n) is 10.6. The zero-order valence-electron chi connectivity index (χ0n) is 23.9. The molecule has 0 amide bonds. The van der Waals surface area contributed by atoms with E-state index in [-0.39, 0.29) is 20.1 Å². The Hall–Kier alpha value is -5.09. The molecule has 0 spiro atoms. The molecule has 4 nitrogen and oxygen atoms in total. The van der Waals surface area contributed by atoms with Gasteiger partial charge in [0, 0.05) is 34.9 Å². The molecule has 0 bridgehead atoms. The fourth-order valence-corrected chi connectivity index (χ4v) is 5.94. The number of nitrogens with zero attached hydrogens (tertiary/aromatic N) is 4.